The summed E-state index contributed by atoms with van der Waals surface area (Å²) in [5.41, 5.74) is 6.74. The van der Waals surface area contributed by atoms with Gasteiger partial charge in [-0.3, -0.25) is 4.79 Å². The first-order chi connectivity index (χ1) is 7.22. The smallest absolute Gasteiger partial charge is 0.221 e. The zero-order valence-electron chi connectivity index (χ0n) is 8.01. The molecule has 0 atom stereocenters. The van der Waals surface area contributed by atoms with E-state index in [9.17, 15) is 4.79 Å². The summed E-state index contributed by atoms with van der Waals surface area (Å²) in [4.78, 5) is 14.3. The highest BCUT2D eigenvalue weighted by molar-refractivity contribution is 7.78. The van der Waals surface area contributed by atoms with Gasteiger partial charge in [0.05, 0.1) is 10.8 Å². The molecule has 0 heterocycles. The Labute approximate surface area is 93.3 Å². The van der Waals surface area contributed by atoms with Crippen LogP contribution >= 0.6 is 12.2 Å². The van der Waals surface area contributed by atoms with Crippen LogP contribution in [0.3, 0.4) is 0 Å². The molecule has 15 heavy (non-hydrogen) atoms. The topological polar surface area (TPSA) is 55.5 Å². The van der Waals surface area contributed by atoms with E-state index in [1.54, 1.807) is 6.08 Å². The van der Waals surface area contributed by atoms with Crippen LogP contribution in [0.2, 0.25) is 0 Å². The fourth-order valence-corrected chi connectivity index (χ4v) is 1.13. The van der Waals surface area contributed by atoms with E-state index in [1.165, 1.54) is 0 Å². The van der Waals surface area contributed by atoms with Gasteiger partial charge in [-0.1, -0.05) is 24.3 Å². The number of carbonyl (C=O) groups excluding carboxylic acids is 1. The summed E-state index contributed by atoms with van der Waals surface area (Å²) in [6.07, 6.45) is 3.80. The van der Waals surface area contributed by atoms with Crippen molar-refractivity contribution < 1.29 is 4.79 Å². The summed E-state index contributed by atoms with van der Waals surface area (Å²) in [5, 5.41) is 2.29. The van der Waals surface area contributed by atoms with Crippen LogP contribution in [0.15, 0.2) is 35.3 Å². The van der Waals surface area contributed by atoms with Crippen LogP contribution in [0.1, 0.15) is 12.0 Å². The lowest BCUT2D eigenvalue weighted by atomic mass is 10.2. The average molecular weight is 218 g/mol. The second kappa shape index (κ2) is 5.86. The number of thiocarbonyl (C=S) groups is 1. The number of benzene rings is 1. The van der Waals surface area contributed by atoms with Gasteiger partial charge >= 0.3 is 0 Å². The Morgan fingerprint density at radius 2 is 2.13 bits per heavy atom. The summed E-state index contributed by atoms with van der Waals surface area (Å²) in [7, 11) is 0. The van der Waals surface area contributed by atoms with E-state index in [-0.39, 0.29) is 12.3 Å². The van der Waals surface area contributed by atoms with Crippen molar-refractivity contribution >= 4 is 35.0 Å². The predicted octanol–water partition coefficient (Wildman–Crippen LogP) is 2.31. The predicted molar refractivity (Wildman–Crippen MR) is 64.0 cm³/mol. The lowest BCUT2D eigenvalue weighted by Gasteiger charge is -1.93. The molecule has 0 aliphatic rings. The van der Waals surface area contributed by atoms with Gasteiger partial charge in [0.1, 0.15) is 0 Å². The van der Waals surface area contributed by atoms with Gasteiger partial charge in [-0.25, -0.2) is 0 Å². The zero-order chi connectivity index (χ0) is 11.1. The number of amides is 1. The van der Waals surface area contributed by atoms with E-state index in [4.69, 9.17) is 5.73 Å². The molecule has 0 aliphatic carbocycles. The molecule has 2 N–H and O–H groups in total. The molecule has 0 saturated carbocycles. The normalized spacial score (nSPS) is 9.87. The second-order valence-electron chi connectivity index (χ2n) is 2.87. The number of hydrogen-bond donors (Lipinski definition) is 1. The lowest BCUT2D eigenvalue weighted by molar-refractivity contribution is -0.117. The molecule has 1 aromatic carbocycles. The highest BCUT2D eigenvalue weighted by atomic mass is 32.1. The van der Waals surface area contributed by atoms with Crippen molar-refractivity contribution in [1.29, 1.82) is 0 Å². The molecule has 0 saturated heterocycles. The van der Waals surface area contributed by atoms with Crippen molar-refractivity contribution in [3.63, 3.8) is 0 Å². The molecule has 0 aliphatic heterocycles. The highest BCUT2D eigenvalue weighted by Crippen LogP contribution is 2.13. The maximum absolute atomic E-state index is 10.5. The Balaban J connectivity index is 2.68. The Hall–Kier alpha value is -1.77. The van der Waals surface area contributed by atoms with Gasteiger partial charge in [0.2, 0.25) is 5.91 Å². The summed E-state index contributed by atoms with van der Waals surface area (Å²) in [5.74, 6) is -0.340. The fourth-order valence-electron chi connectivity index (χ4n) is 1.02. The molecule has 4 heteroatoms. The number of hydrogen-bond acceptors (Lipinski definition) is 3. The summed E-state index contributed by atoms with van der Waals surface area (Å²) < 4.78 is 0. The van der Waals surface area contributed by atoms with E-state index >= 15 is 0 Å². The summed E-state index contributed by atoms with van der Waals surface area (Å²) in [6.45, 7) is 0. The molecule has 0 aromatic heterocycles. The van der Waals surface area contributed by atoms with E-state index in [0.29, 0.717) is 0 Å². The molecule has 0 unspecified atom stereocenters. The average Bonchev–Trinajstić information content (AvgIpc) is 2.20. The third-order valence-electron chi connectivity index (χ3n) is 1.70. The largest absolute Gasteiger partial charge is 0.369 e. The molecular formula is C11H10N2OS. The summed E-state index contributed by atoms with van der Waals surface area (Å²) in [6, 6.07) is 7.40. The minimum atomic E-state index is -0.340. The minimum Gasteiger partial charge on any atom is -0.369 e. The molecule has 1 rings (SSSR count). The number of isothiocyanates is 1. The molecule has 3 nitrogen and oxygen atoms in total. The maximum Gasteiger partial charge on any atom is 0.221 e. The molecule has 0 spiro atoms. The van der Waals surface area contributed by atoms with Gasteiger partial charge < -0.3 is 5.73 Å². The maximum atomic E-state index is 10.5. The monoisotopic (exact) mass is 218 g/mol. The summed E-state index contributed by atoms with van der Waals surface area (Å²) >= 11 is 4.48. The third kappa shape index (κ3) is 4.31. The van der Waals surface area contributed by atoms with Crippen molar-refractivity contribution in [3.05, 3.63) is 35.9 Å². The van der Waals surface area contributed by atoms with Crippen molar-refractivity contribution in [2.75, 3.05) is 0 Å². The molecule has 1 amide bonds. The van der Waals surface area contributed by atoms with Crippen LogP contribution < -0.4 is 5.73 Å². The first-order valence-corrected chi connectivity index (χ1v) is 4.76. The van der Waals surface area contributed by atoms with Crippen molar-refractivity contribution in [2.45, 2.75) is 6.42 Å². The Morgan fingerprint density at radius 1 is 1.47 bits per heavy atom. The molecule has 76 valence electrons. The van der Waals surface area contributed by atoms with Crippen LogP contribution in [0, 0.1) is 0 Å². The number of primary amides is 1. The van der Waals surface area contributed by atoms with Gasteiger partial charge in [0.15, 0.2) is 0 Å². The first kappa shape index (κ1) is 11.3. The first-order valence-electron chi connectivity index (χ1n) is 4.35. The number of aliphatic imine (C=N–C) groups is 1. The van der Waals surface area contributed by atoms with Crippen LogP contribution in [0.5, 0.6) is 0 Å². The number of nitrogens with zero attached hydrogens (tertiary/aromatic N) is 1. The quantitative estimate of drug-likeness (QED) is 0.622. The highest BCUT2D eigenvalue weighted by Gasteiger charge is 1.90. The number of rotatable bonds is 4. The molecule has 0 bridgehead atoms. The Kier molecular flexibility index (Phi) is 4.41. The number of nitrogens with two attached hydrogens (primary N) is 1. The van der Waals surface area contributed by atoms with Gasteiger partial charge in [0.25, 0.3) is 0 Å². The van der Waals surface area contributed by atoms with Crippen molar-refractivity contribution in [2.24, 2.45) is 10.7 Å². The van der Waals surface area contributed by atoms with Gasteiger partial charge in [-0.05, 0) is 29.9 Å². The van der Waals surface area contributed by atoms with E-state index in [2.05, 4.69) is 22.4 Å². The van der Waals surface area contributed by atoms with Gasteiger partial charge in [-0.15, -0.1) is 0 Å². The van der Waals surface area contributed by atoms with E-state index in [1.807, 2.05) is 30.3 Å². The third-order valence-corrected chi connectivity index (χ3v) is 1.79. The van der Waals surface area contributed by atoms with E-state index < -0.39 is 0 Å². The SMILES string of the molecule is NC(=O)CC=Cc1ccc(N=C=S)cc1. The van der Waals surface area contributed by atoms with Crippen LogP contribution in [0.4, 0.5) is 5.69 Å². The van der Waals surface area contributed by atoms with Crippen LogP contribution in [-0.2, 0) is 4.79 Å². The zero-order valence-corrected chi connectivity index (χ0v) is 8.83. The number of carbonyl (C=O) groups is 1. The van der Waals surface area contributed by atoms with Crippen molar-refractivity contribution in [1.82, 2.24) is 0 Å². The Morgan fingerprint density at radius 3 is 2.67 bits per heavy atom. The standard InChI is InChI=1S/C11H10N2OS/c12-11(14)3-1-2-9-4-6-10(7-5-9)13-8-15/h1-2,4-7H,3H2,(H2,12,14). The molecule has 0 radical (unpaired) electrons. The van der Waals surface area contributed by atoms with Gasteiger partial charge in [0, 0.05) is 6.42 Å². The van der Waals surface area contributed by atoms with E-state index in [0.717, 1.165) is 11.3 Å². The van der Waals surface area contributed by atoms with Crippen molar-refractivity contribution in [3.8, 4) is 0 Å². The minimum absolute atomic E-state index is 0.250. The van der Waals surface area contributed by atoms with Gasteiger partial charge in [-0.2, -0.15) is 4.99 Å². The van der Waals surface area contributed by atoms with Crippen LogP contribution in [0.25, 0.3) is 6.08 Å². The fraction of sp³-hybridized carbons (Fsp3) is 0.0909. The molecule has 1 aromatic rings. The second-order valence-corrected chi connectivity index (χ2v) is 3.05. The lowest BCUT2D eigenvalue weighted by Crippen LogP contribution is -2.07. The molecular weight excluding hydrogens is 208 g/mol. The molecule has 0 fully saturated rings. The Bertz CT molecular complexity index is 417. The van der Waals surface area contributed by atoms with Crippen LogP contribution in [-0.4, -0.2) is 11.1 Å².